The number of hydrogen-bond donors (Lipinski definition) is 0. The molecular weight excluding hydrogens is 322 g/mol. The smallest absolute Gasteiger partial charge is 0.246 e. The van der Waals surface area contributed by atoms with E-state index in [1.165, 1.54) is 9.75 Å². The summed E-state index contributed by atoms with van der Waals surface area (Å²) in [7, 11) is 0. The molecule has 2 atom stereocenters. The number of nitrogens with zero attached hydrogens (tertiary/aromatic N) is 1. The van der Waals surface area contributed by atoms with Gasteiger partial charge in [0.2, 0.25) is 5.91 Å². The van der Waals surface area contributed by atoms with E-state index in [0.29, 0.717) is 0 Å². The number of halogens is 1. The highest BCUT2D eigenvalue weighted by atomic mass is 35.5. The molecule has 5 heteroatoms. The van der Waals surface area contributed by atoms with Crippen molar-refractivity contribution in [2.24, 2.45) is 0 Å². The molecule has 1 amide bonds. The lowest BCUT2D eigenvalue weighted by Gasteiger charge is -2.25. The topological polar surface area (TPSA) is 20.3 Å². The fraction of sp³-hybridized carbons (Fsp3) is 0.312. The van der Waals surface area contributed by atoms with Crippen LogP contribution in [0.2, 0.25) is 0 Å². The third-order valence-corrected chi connectivity index (χ3v) is 6.37. The zero-order chi connectivity index (χ0) is 14.8. The normalized spacial score (nSPS) is 19.7. The van der Waals surface area contributed by atoms with E-state index in [2.05, 4.69) is 19.1 Å². The van der Waals surface area contributed by atoms with E-state index in [9.17, 15) is 4.79 Å². The van der Waals surface area contributed by atoms with Crippen LogP contribution in [-0.4, -0.2) is 23.1 Å². The van der Waals surface area contributed by atoms with Crippen LogP contribution in [0.5, 0.6) is 0 Å². The fourth-order valence-corrected chi connectivity index (χ4v) is 5.08. The number of aryl methyl sites for hydroxylation is 1. The highest BCUT2D eigenvalue weighted by Gasteiger charge is 2.35. The molecule has 1 saturated heterocycles. The minimum atomic E-state index is -0.603. The van der Waals surface area contributed by atoms with Crippen LogP contribution in [0.3, 0.4) is 0 Å². The Hall–Kier alpha value is -0.970. The number of thioether (sulfide) groups is 1. The lowest BCUT2D eigenvalue weighted by molar-refractivity contribution is -0.131. The van der Waals surface area contributed by atoms with Gasteiger partial charge >= 0.3 is 0 Å². The van der Waals surface area contributed by atoms with Gasteiger partial charge in [-0.3, -0.25) is 4.79 Å². The molecule has 110 valence electrons. The lowest BCUT2D eigenvalue weighted by Crippen LogP contribution is -2.32. The van der Waals surface area contributed by atoms with Gasteiger partial charge in [0.1, 0.15) is 10.8 Å². The maximum atomic E-state index is 12.7. The Bertz CT molecular complexity index is 628. The van der Waals surface area contributed by atoms with Crippen molar-refractivity contribution in [1.82, 2.24) is 4.90 Å². The summed E-state index contributed by atoms with van der Waals surface area (Å²) in [5.74, 6) is 0.968. The van der Waals surface area contributed by atoms with Crippen LogP contribution in [0.4, 0.5) is 0 Å². The third kappa shape index (κ3) is 3.12. The Morgan fingerprint density at radius 2 is 2.05 bits per heavy atom. The zero-order valence-corrected chi connectivity index (χ0v) is 14.0. The number of carbonyl (C=O) groups excluding carboxylic acids is 1. The van der Waals surface area contributed by atoms with Crippen molar-refractivity contribution in [1.29, 1.82) is 0 Å². The molecule has 0 radical (unpaired) electrons. The second-order valence-electron chi connectivity index (χ2n) is 4.98. The first kappa shape index (κ1) is 14.9. The molecule has 21 heavy (non-hydrogen) atoms. The van der Waals surface area contributed by atoms with Gasteiger partial charge < -0.3 is 4.90 Å². The molecule has 1 aromatic carbocycles. The first-order chi connectivity index (χ1) is 10.2. The summed E-state index contributed by atoms with van der Waals surface area (Å²) < 4.78 is 0. The van der Waals surface area contributed by atoms with E-state index in [1.807, 2.05) is 47.0 Å². The van der Waals surface area contributed by atoms with Gasteiger partial charge in [0, 0.05) is 22.1 Å². The Morgan fingerprint density at radius 1 is 1.29 bits per heavy atom. The second kappa shape index (κ2) is 6.42. The van der Waals surface area contributed by atoms with Gasteiger partial charge in [0.15, 0.2) is 0 Å². The Balaban J connectivity index is 1.80. The number of rotatable bonds is 3. The monoisotopic (exact) mass is 337 g/mol. The van der Waals surface area contributed by atoms with Crippen molar-refractivity contribution in [2.45, 2.75) is 17.7 Å². The molecule has 2 aromatic rings. The summed E-state index contributed by atoms with van der Waals surface area (Å²) in [5.41, 5.74) is 0.863. The first-order valence-electron chi connectivity index (χ1n) is 6.84. The molecule has 1 aromatic heterocycles. The van der Waals surface area contributed by atoms with Crippen LogP contribution in [0.15, 0.2) is 42.5 Å². The van der Waals surface area contributed by atoms with Crippen LogP contribution in [0.25, 0.3) is 0 Å². The van der Waals surface area contributed by atoms with Crippen molar-refractivity contribution in [3.05, 3.63) is 57.8 Å². The summed E-state index contributed by atoms with van der Waals surface area (Å²) in [4.78, 5) is 17.1. The van der Waals surface area contributed by atoms with Crippen molar-refractivity contribution in [2.75, 3.05) is 12.3 Å². The summed E-state index contributed by atoms with van der Waals surface area (Å²) in [6.45, 7) is 2.86. The van der Waals surface area contributed by atoms with Gasteiger partial charge in [-0.05, 0) is 24.6 Å². The molecule has 0 spiro atoms. The molecular formula is C16H16ClNOS2. The van der Waals surface area contributed by atoms with Crippen LogP contribution >= 0.6 is 34.7 Å². The predicted molar refractivity (Wildman–Crippen MR) is 91.0 cm³/mol. The SMILES string of the molecule is Cc1ccc([C@@H]2SCCN2C(=O)[C@@H](Cl)c2ccccc2)s1. The van der Waals surface area contributed by atoms with E-state index < -0.39 is 5.38 Å². The molecule has 0 unspecified atom stereocenters. The second-order valence-corrected chi connectivity index (χ2v) is 7.92. The molecule has 0 aliphatic carbocycles. The molecule has 0 saturated carbocycles. The Kier molecular flexibility index (Phi) is 4.57. The van der Waals surface area contributed by atoms with Crippen molar-refractivity contribution in [3.8, 4) is 0 Å². The molecule has 0 N–H and O–H groups in total. The average Bonchev–Trinajstić information content (AvgIpc) is 3.15. The summed E-state index contributed by atoms with van der Waals surface area (Å²) >= 11 is 9.97. The maximum Gasteiger partial charge on any atom is 0.246 e. The van der Waals surface area contributed by atoms with Gasteiger partial charge in [-0.15, -0.1) is 34.7 Å². The maximum absolute atomic E-state index is 12.7. The number of hydrogen-bond acceptors (Lipinski definition) is 3. The number of alkyl halides is 1. The molecule has 3 rings (SSSR count). The van der Waals surface area contributed by atoms with Crippen LogP contribution in [0, 0.1) is 6.92 Å². The van der Waals surface area contributed by atoms with Crippen molar-refractivity contribution in [3.63, 3.8) is 0 Å². The van der Waals surface area contributed by atoms with Crippen LogP contribution in [-0.2, 0) is 4.79 Å². The van der Waals surface area contributed by atoms with E-state index >= 15 is 0 Å². The van der Waals surface area contributed by atoms with Gasteiger partial charge in [-0.1, -0.05) is 30.3 Å². The fourth-order valence-electron chi connectivity index (χ4n) is 2.43. The number of carbonyl (C=O) groups is 1. The van der Waals surface area contributed by atoms with Gasteiger partial charge in [0.05, 0.1) is 0 Å². The van der Waals surface area contributed by atoms with Gasteiger partial charge in [-0.2, -0.15) is 0 Å². The highest BCUT2D eigenvalue weighted by Crippen LogP contribution is 2.42. The Morgan fingerprint density at radius 3 is 2.71 bits per heavy atom. The summed E-state index contributed by atoms with van der Waals surface area (Å²) in [5, 5.41) is -0.491. The molecule has 1 fully saturated rings. The number of benzene rings is 1. The van der Waals surface area contributed by atoms with Gasteiger partial charge in [0.25, 0.3) is 0 Å². The van der Waals surface area contributed by atoms with Gasteiger partial charge in [-0.25, -0.2) is 0 Å². The predicted octanol–water partition coefficient (Wildman–Crippen LogP) is 4.61. The first-order valence-corrected chi connectivity index (χ1v) is 9.14. The van der Waals surface area contributed by atoms with Crippen LogP contribution < -0.4 is 0 Å². The van der Waals surface area contributed by atoms with Crippen molar-refractivity contribution >= 4 is 40.6 Å². The minimum Gasteiger partial charge on any atom is -0.323 e. The van der Waals surface area contributed by atoms with Crippen molar-refractivity contribution < 1.29 is 4.79 Å². The quantitative estimate of drug-likeness (QED) is 0.762. The largest absolute Gasteiger partial charge is 0.323 e. The van der Waals surface area contributed by atoms with Crippen LogP contribution in [0.1, 0.15) is 26.1 Å². The molecule has 0 bridgehead atoms. The molecule has 2 heterocycles. The molecule has 1 aliphatic rings. The average molecular weight is 338 g/mol. The third-order valence-electron chi connectivity index (χ3n) is 3.49. The minimum absolute atomic E-state index is 0.00363. The van der Waals surface area contributed by atoms with E-state index in [0.717, 1.165) is 17.9 Å². The Labute approximate surface area is 138 Å². The summed E-state index contributed by atoms with van der Waals surface area (Å²) in [6, 6.07) is 13.8. The number of thiophene rings is 1. The van der Waals surface area contributed by atoms with E-state index in [1.54, 1.807) is 11.3 Å². The molecule has 2 nitrogen and oxygen atoms in total. The lowest BCUT2D eigenvalue weighted by atomic mass is 10.1. The standard InChI is InChI=1S/C16H16ClNOS2/c1-11-7-8-13(21-11)16-18(9-10-20-16)15(19)14(17)12-5-3-2-4-6-12/h2-8,14,16H,9-10H2,1H3/t14-,16-/m0/s1. The summed E-state index contributed by atoms with van der Waals surface area (Å²) in [6.07, 6.45) is 0. The molecule has 1 aliphatic heterocycles. The number of amides is 1. The highest BCUT2D eigenvalue weighted by molar-refractivity contribution is 7.99. The van der Waals surface area contributed by atoms with E-state index in [4.69, 9.17) is 11.6 Å². The van der Waals surface area contributed by atoms with E-state index in [-0.39, 0.29) is 11.3 Å². The zero-order valence-electron chi connectivity index (χ0n) is 11.7.